The fraction of sp³-hybridized carbons (Fsp3) is 0.333. The molecule has 0 saturated carbocycles. The average molecular weight is 354 g/mol. The number of anilines is 1. The number of rotatable bonds is 6. The van der Waals surface area contributed by atoms with E-state index in [1.54, 1.807) is 31.4 Å². The first kappa shape index (κ1) is 19.5. The van der Waals surface area contributed by atoms with Crippen molar-refractivity contribution in [3.63, 3.8) is 0 Å². The van der Waals surface area contributed by atoms with E-state index < -0.39 is 6.04 Å². The van der Waals surface area contributed by atoms with E-state index in [0.29, 0.717) is 11.3 Å². The van der Waals surface area contributed by atoms with Gasteiger partial charge in [0, 0.05) is 11.3 Å². The van der Waals surface area contributed by atoms with Crippen LogP contribution in [0.15, 0.2) is 42.5 Å². The highest BCUT2D eigenvalue weighted by Gasteiger charge is 2.25. The van der Waals surface area contributed by atoms with Crippen LogP contribution in [0.1, 0.15) is 35.3 Å². The number of aryl methyl sites for hydroxylation is 2. The summed E-state index contributed by atoms with van der Waals surface area (Å²) in [6, 6.07) is 12.0. The monoisotopic (exact) mass is 354 g/mol. The highest BCUT2D eigenvalue weighted by atomic mass is 16.5. The Morgan fingerprint density at radius 3 is 2.19 bits per heavy atom. The summed E-state index contributed by atoms with van der Waals surface area (Å²) in [5.41, 5.74) is 3.36. The summed E-state index contributed by atoms with van der Waals surface area (Å²) in [6.07, 6.45) is 0. The van der Waals surface area contributed by atoms with E-state index >= 15 is 0 Å². The Labute approximate surface area is 154 Å². The van der Waals surface area contributed by atoms with E-state index in [0.717, 1.165) is 16.8 Å². The largest absolute Gasteiger partial charge is 0.497 e. The maximum Gasteiger partial charge on any atom is 0.251 e. The van der Waals surface area contributed by atoms with Crippen molar-refractivity contribution in [1.29, 1.82) is 0 Å². The van der Waals surface area contributed by atoms with Gasteiger partial charge in [-0.3, -0.25) is 9.59 Å². The van der Waals surface area contributed by atoms with Crippen molar-refractivity contribution in [2.75, 3.05) is 12.4 Å². The number of nitrogens with one attached hydrogen (secondary N) is 2. The molecule has 0 spiro atoms. The van der Waals surface area contributed by atoms with Gasteiger partial charge in [0.15, 0.2) is 0 Å². The van der Waals surface area contributed by atoms with Crippen molar-refractivity contribution in [3.8, 4) is 5.75 Å². The van der Waals surface area contributed by atoms with E-state index in [9.17, 15) is 9.59 Å². The minimum atomic E-state index is -0.634. The Morgan fingerprint density at radius 2 is 1.65 bits per heavy atom. The maximum atomic E-state index is 12.7. The highest BCUT2D eigenvalue weighted by molar-refractivity contribution is 6.01. The van der Waals surface area contributed by atoms with E-state index in [4.69, 9.17) is 4.74 Å². The lowest BCUT2D eigenvalue weighted by atomic mass is 10.0. The first-order chi connectivity index (χ1) is 12.3. The van der Waals surface area contributed by atoms with Crippen LogP contribution in [-0.4, -0.2) is 25.0 Å². The number of ether oxygens (including phenoxy) is 1. The molecule has 1 atom stereocenters. The zero-order chi connectivity index (χ0) is 19.3. The number of benzene rings is 2. The van der Waals surface area contributed by atoms with Gasteiger partial charge in [-0.15, -0.1) is 0 Å². The molecule has 26 heavy (non-hydrogen) atoms. The Hall–Kier alpha value is -2.82. The van der Waals surface area contributed by atoms with Crippen LogP contribution in [0.25, 0.3) is 0 Å². The van der Waals surface area contributed by atoms with E-state index in [1.807, 2.05) is 45.9 Å². The van der Waals surface area contributed by atoms with Gasteiger partial charge < -0.3 is 15.4 Å². The van der Waals surface area contributed by atoms with Gasteiger partial charge in [0.1, 0.15) is 11.8 Å². The zero-order valence-corrected chi connectivity index (χ0v) is 15.9. The van der Waals surface area contributed by atoms with E-state index in [1.165, 1.54) is 0 Å². The van der Waals surface area contributed by atoms with Gasteiger partial charge in [0.05, 0.1) is 7.11 Å². The SMILES string of the molecule is COc1ccc(C(=O)N[C@H](C(=O)Nc2ccc(C)cc2C)C(C)C)cc1. The van der Waals surface area contributed by atoms with Crippen LogP contribution >= 0.6 is 0 Å². The van der Waals surface area contributed by atoms with Gasteiger partial charge in [-0.2, -0.15) is 0 Å². The molecule has 0 fully saturated rings. The summed E-state index contributed by atoms with van der Waals surface area (Å²) >= 11 is 0. The Kier molecular flexibility index (Phi) is 6.39. The molecule has 0 heterocycles. The fourth-order valence-electron chi connectivity index (χ4n) is 2.67. The third kappa shape index (κ3) is 4.85. The summed E-state index contributed by atoms with van der Waals surface area (Å²) in [7, 11) is 1.57. The number of amides is 2. The molecule has 0 saturated heterocycles. The quantitative estimate of drug-likeness (QED) is 0.831. The number of carbonyl (C=O) groups is 2. The molecular weight excluding hydrogens is 328 g/mol. The van der Waals surface area contributed by atoms with Gasteiger partial charge in [-0.05, 0) is 55.7 Å². The van der Waals surface area contributed by atoms with E-state index in [2.05, 4.69) is 10.6 Å². The van der Waals surface area contributed by atoms with Crippen molar-refractivity contribution in [1.82, 2.24) is 5.32 Å². The minimum absolute atomic E-state index is 0.0528. The van der Waals surface area contributed by atoms with Crippen LogP contribution in [0.5, 0.6) is 5.75 Å². The summed E-state index contributed by atoms with van der Waals surface area (Å²) < 4.78 is 5.10. The van der Waals surface area contributed by atoms with Crippen molar-refractivity contribution < 1.29 is 14.3 Å². The second-order valence-corrected chi connectivity index (χ2v) is 6.73. The van der Waals surface area contributed by atoms with Crippen molar-refractivity contribution in [2.24, 2.45) is 5.92 Å². The molecule has 5 heteroatoms. The minimum Gasteiger partial charge on any atom is -0.497 e. The Bertz CT molecular complexity index is 782. The predicted octanol–water partition coefficient (Wildman–Crippen LogP) is 3.71. The molecule has 0 aromatic heterocycles. The number of carbonyl (C=O) groups excluding carboxylic acids is 2. The fourth-order valence-corrected chi connectivity index (χ4v) is 2.67. The van der Waals surface area contributed by atoms with E-state index in [-0.39, 0.29) is 17.7 Å². The number of hydrogen-bond acceptors (Lipinski definition) is 3. The number of hydrogen-bond donors (Lipinski definition) is 2. The van der Waals surface area contributed by atoms with Crippen molar-refractivity contribution in [3.05, 3.63) is 59.2 Å². The Morgan fingerprint density at radius 1 is 1.00 bits per heavy atom. The van der Waals surface area contributed by atoms with Gasteiger partial charge in [0.25, 0.3) is 5.91 Å². The third-order valence-corrected chi connectivity index (χ3v) is 4.23. The lowest BCUT2D eigenvalue weighted by molar-refractivity contribution is -0.118. The topological polar surface area (TPSA) is 67.4 Å². The van der Waals surface area contributed by atoms with Gasteiger partial charge in [-0.25, -0.2) is 0 Å². The summed E-state index contributed by atoms with van der Waals surface area (Å²) in [5.74, 6) is 0.105. The summed E-state index contributed by atoms with van der Waals surface area (Å²) in [4.78, 5) is 25.2. The molecule has 2 N–H and O–H groups in total. The molecule has 2 aromatic carbocycles. The first-order valence-corrected chi connectivity index (χ1v) is 8.65. The smallest absolute Gasteiger partial charge is 0.251 e. The van der Waals surface area contributed by atoms with Crippen LogP contribution in [0, 0.1) is 19.8 Å². The second kappa shape index (κ2) is 8.52. The molecule has 138 valence electrons. The van der Waals surface area contributed by atoms with Crippen molar-refractivity contribution in [2.45, 2.75) is 33.7 Å². The molecule has 0 unspecified atom stereocenters. The lowest BCUT2D eigenvalue weighted by Crippen LogP contribution is -2.47. The molecule has 2 rings (SSSR count). The molecule has 5 nitrogen and oxygen atoms in total. The molecule has 0 bridgehead atoms. The summed E-state index contributed by atoms with van der Waals surface area (Å²) in [6.45, 7) is 7.76. The van der Waals surface area contributed by atoms with Crippen LogP contribution in [-0.2, 0) is 4.79 Å². The van der Waals surface area contributed by atoms with Gasteiger partial charge in [0.2, 0.25) is 5.91 Å². The Balaban J connectivity index is 2.11. The molecule has 0 aliphatic rings. The van der Waals surface area contributed by atoms with Gasteiger partial charge >= 0.3 is 0 Å². The third-order valence-electron chi connectivity index (χ3n) is 4.23. The lowest BCUT2D eigenvalue weighted by Gasteiger charge is -2.22. The van der Waals surface area contributed by atoms with Crippen LogP contribution in [0.3, 0.4) is 0 Å². The zero-order valence-electron chi connectivity index (χ0n) is 15.9. The molecule has 0 aliphatic heterocycles. The highest BCUT2D eigenvalue weighted by Crippen LogP contribution is 2.18. The average Bonchev–Trinajstić information content (AvgIpc) is 2.61. The van der Waals surface area contributed by atoms with Gasteiger partial charge in [-0.1, -0.05) is 31.5 Å². The normalized spacial score (nSPS) is 11.8. The van der Waals surface area contributed by atoms with Crippen molar-refractivity contribution >= 4 is 17.5 Å². The number of methoxy groups -OCH3 is 1. The molecular formula is C21H26N2O3. The molecule has 2 aromatic rings. The van der Waals surface area contributed by atoms with Crippen LogP contribution < -0.4 is 15.4 Å². The van der Waals surface area contributed by atoms with Crippen LogP contribution in [0.4, 0.5) is 5.69 Å². The summed E-state index contributed by atoms with van der Waals surface area (Å²) in [5, 5.41) is 5.75. The first-order valence-electron chi connectivity index (χ1n) is 8.65. The molecule has 2 amide bonds. The molecule has 0 aliphatic carbocycles. The maximum absolute atomic E-state index is 12.7. The molecule has 0 radical (unpaired) electrons. The predicted molar refractivity (Wildman–Crippen MR) is 104 cm³/mol. The van der Waals surface area contributed by atoms with Crippen LogP contribution in [0.2, 0.25) is 0 Å². The second-order valence-electron chi connectivity index (χ2n) is 6.73. The standard InChI is InChI=1S/C21H26N2O3/c1-13(2)19(21(25)22-18-11-6-14(3)12-15(18)4)23-20(24)16-7-9-17(26-5)10-8-16/h6-13,19H,1-5H3,(H,22,25)(H,23,24)/t19-/m0/s1.